The monoisotopic (exact) mass is 291 g/mol. The number of likely N-dealkylation sites (tertiary alicyclic amines) is 1. The van der Waals surface area contributed by atoms with Gasteiger partial charge in [0.25, 0.3) is 0 Å². The highest BCUT2D eigenvalue weighted by molar-refractivity contribution is 7.80. The normalized spacial score (nSPS) is 13.8. The highest BCUT2D eigenvalue weighted by Gasteiger charge is 2.17. The summed E-state index contributed by atoms with van der Waals surface area (Å²) in [5.74, 6) is 1.10. The maximum Gasteiger partial charge on any atom is 0.173 e. The molecule has 0 saturated carbocycles. The summed E-state index contributed by atoms with van der Waals surface area (Å²) < 4.78 is 10.4. The van der Waals surface area contributed by atoms with Crippen molar-refractivity contribution < 1.29 is 9.47 Å². The fraction of sp³-hybridized carbons (Fsp3) is 0.429. The molecule has 1 aromatic carbocycles. The van der Waals surface area contributed by atoms with E-state index in [1.54, 1.807) is 26.4 Å². The average molecular weight is 291 g/mol. The van der Waals surface area contributed by atoms with Gasteiger partial charge in [0, 0.05) is 25.2 Å². The Balaban J connectivity index is 2.26. The Morgan fingerprint density at radius 3 is 2.40 bits per heavy atom. The van der Waals surface area contributed by atoms with E-state index in [4.69, 9.17) is 21.7 Å². The van der Waals surface area contributed by atoms with Crippen molar-refractivity contribution >= 4 is 23.0 Å². The third-order valence-electron chi connectivity index (χ3n) is 3.28. The molecule has 1 N–H and O–H groups in total. The molecule has 5 nitrogen and oxygen atoms in total. The van der Waals surface area contributed by atoms with E-state index in [9.17, 15) is 5.26 Å². The van der Waals surface area contributed by atoms with Gasteiger partial charge in [0.15, 0.2) is 16.6 Å². The van der Waals surface area contributed by atoms with Gasteiger partial charge in [0.1, 0.15) is 6.07 Å². The molecule has 1 heterocycles. The lowest BCUT2D eigenvalue weighted by atomic mass is 10.1. The van der Waals surface area contributed by atoms with Crippen molar-refractivity contribution in [3.8, 4) is 17.6 Å². The van der Waals surface area contributed by atoms with Crippen LogP contribution in [-0.4, -0.2) is 37.3 Å². The first-order valence-corrected chi connectivity index (χ1v) is 6.82. The standard InChI is InChI=1S/C14H17N3O2S/c1-18-12-7-10(9-15)11(8-13(12)19-2)16-14(20)17-5-3-4-6-17/h7-8H,3-6H2,1-2H3,(H,16,20). The van der Waals surface area contributed by atoms with Crippen LogP contribution in [0.5, 0.6) is 11.5 Å². The van der Waals surface area contributed by atoms with Crippen LogP contribution in [0.2, 0.25) is 0 Å². The third-order valence-corrected chi connectivity index (χ3v) is 3.64. The van der Waals surface area contributed by atoms with Crippen LogP contribution in [0.25, 0.3) is 0 Å². The Labute approximate surface area is 124 Å². The van der Waals surface area contributed by atoms with Gasteiger partial charge in [-0.1, -0.05) is 0 Å². The van der Waals surface area contributed by atoms with Gasteiger partial charge in [-0.15, -0.1) is 0 Å². The summed E-state index contributed by atoms with van der Waals surface area (Å²) in [6, 6.07) is 5.52. The van der Waals surface area contributed by atoms with Crippen LogP contribution in [0, 0.1) is 11.3 Å². The summed E-state index contributed by atoms with van der Waals surface area (Å²) in [5.41, 5.74) is 1.12. The summed E-state index contributed by atoms with van der Waals surface area (Å²) >= 11 is 5.38. The number of thiocarbonyl (C=S) groups is 1. The number of ether oxygens (including phenoxy) is 2. The molecule has 106 valence electrons. The van der Waals surface area contributed by atoms with Crippen LogP contribution in [0.4, 0.5) is 5.69 Å². The molecule has 1 fully saturated rings. The van der Waals surface area contributed by atoms with Gasteiger partial charge in [-0.3, -0.25) is 0 Å². The van der Waals surface area contributed by atoms with Crippen LogP contribution in [0.3, 0.4) is 0 Å². The number of benzene rings is 1. The Bertz CT molecular complexity index is 548. The van der Waals surface area contributed by atoms with Gasteiger partial charge in [0.2, 0.25) is 0 Å². The Morgan fingerprint density at radius 2 is 1.85 bits per heavy atom. The lowest BCUT2D eigenvalue weighted by molar-refractivity contribution is 0.355. The second-order valence-electron chi connectivity index (χ2n) is 4.49. The summed E-state index contributed by atoms with van der Waals surface area (Å²) in [7, 11) is 3.10. The van der Waals surface area contributed by atoms with Crippen molar-refractivity contribution in [2.45, 2.75) is 12.8 Å². The van der Waals surface area contributed by atoms with E-state index in [0.717, 1.165) is 25.9 Å². The first kappa shape index (κ1) is 14.4. The van der Waals surface area contributed by atoms with E-state index in [2.05, 4.69) is 16.3 Å². The Morgan fingerprint density at radius 1 is 1.25 bits per heavy atom. The molecule has 0 bridgehead atoms. The summed E-state index contributed by atoms with van der Waals surface area (Å²) in [6.45, 7) is 1.92. The maximum absolute atomic E-state index is 9.24. The van der Waals surface area contributed by atoms with Gasteiger partial charge in [0.05, 0.1) is 25.5 Å². The van der Waals surface area contributed by atoms with Crippen LogP contribution in [0.1, 0.15) is 18.4 Å². The predicted octanol–water partition coefficient (Wildman–Crippen LogP) is 2.37. The van der Waals surface area contributed by atoms with Gasteiger partial charge >= 0.3 is 0 Å². The van der Waals surface area contributed by atoms with E-state index in [1.807, 2.05) is 0 Å². The molecule has 0 atom stereocenters. The number of hydrogen-bond acceptors (Lipinski definition) is 4. The molecule has 6 heteroatoms. The van der Waals surface area contributed by atoms with Gasteiger partial charge in [-0.05, 0) is 25.1 Å². The van der Waals surface area contributed by atoms with E-state index < -0.39 is 0 Å². The zero-order chi connectivity index (χ0) is 14.5. The van der Waals surface area contributed by atoms with Gasteiger partial charge in [-0.25, -0.2) is 0 Å². The van der Waals surface area contributed by atoms with Crippen molar-refractivity contribution in [1.29, 1.82) is 5.26 Å². The van der Waals surface area contributed by atoms with Crippen LogP contribution < -0.4 is 14.8 Å². The smallest absolute Gasteiger partial charge is 0.173 e. The lowest BCUT2D eigenvalue weighted by Gasteiger charge is -2.20. The number of nitriles is 1. The van der Waals surface area contributed by atoms with Crippen LogP contribution in [-0.2, 0) is 0 Å². The average Bonchev–Trinajstić information content (AvgIpc) is 3.01. The number of anilines is 1. The maximum atomic E-state index is 9.24. The molecule has 0 radical (unpaired) electrons. The largest absolute Gasteiger partial charge is 0.493 e. The molecule has 1 aliphatic rings. The Hall–Kier alpha value is -2.00. The van der Waals surface area contributed by atoms with Crippen LogP contribution >= 0.6 is 12.2 Å². The van der Waals surface area contributed by atoms with E-state index in [-0.39, 0.29) is 0 Å². The summed E-state index contributed by atoms with van der Waals surface area (Å²) in [6.07, 6.45) is 2.30. The van der Waals surface area contributed by atoms with E-state index in [0.29, 0.717) is 27.9 Å². The fourth-order valence-corrected chi connectivity index (χ4v) is 2.48. The minimum Gasteiger partial charge on any atom is -0.493 e. The van der Waals surface area contributed by atoms with Crippen molar-refractivity contribution in [2.24, 2.45) is 0 Å². The zero-order valence-corrected chi connectivity index (χ0v) is 12.4. The third kappa shape index (κ3) is 2.94. The molecule has 0 aliphatic carbocycles. The SMILES string of the molecule is COc1cc(C#N)c(NC(=S)N2CCCC2)cc1OC. The number of hydrogen-bond donors (Lipinski definition) is 1. The van der Waals surface area contributed by atoms with Crippen molar-refractivity contribution in [3.63, 3.8) is 0 Å². The first-order chi connectivity index (χ1) is 9.69. The number of methoxy groups -OCH3 is 2. The second kappa shape index (κ2) is 6.44. The fourth-order valence-electron chi connectivity index (χ4n) is 2.19. The van der Waals surface area contributed by atoms with Gasteiger partial charge in [-0.2, -0.15) is 5.26 Å². The molecule has 2 rings (SSSR count). The highest BCUT2D eigenvalue weighted by atomic mass is 32.1. The molecule has 0 unspecified atom stereocenters. The van der Waals surface area contributed by atoms with E-state index in [1.165, 1.54) is 0 Å². The molecule has 0 amide bonds. The molecule has 0 aromatic heterocycles. The number of nitrogens with zero attached hydrogens (tertiary/aromatic N) is 2. The molecule has 1 aliphatic heterocycles. The van der Waals surface area contributed by atoms with Crippen molar-refractivity contribution in [3.05, 3.63) is 17.7 Å². The number of nitrogens with one attached hydrogen (secondary N) is 1. The summed E-state index contributed by atoms with van der Waals surface area (Å²) in [5, 5.41) is 13.0. The van der Waals surface area contributed by atoms with Gasteiger partial charge < -0.3 is 19.7 Å². The van der Waals surface area contributed by atoms with Crippen LogP contribution in [0.15, 0.2) is 12.1 Å². The summed E-state index contributed by atoms with van der Waals surface area (Å²) in [4.78, 5) is 2.10. The van der Waals surface area contributed by atoms with E-state index >= 15 is 0 Å². The predicted molar refractivity (Wildman–Crippen MR) is 81.3 cm³/mol. The topological polar surface area (TPSA) is 57.5 Å². The molecular weight excluding hydrogens is 274 g/mol. The Kier molecular flexibility index (Phi) is 4.64. The van der Waals surface area contributed by atoms with Crippen molar-refractivity contribution in [1.82, 2.24) is 4.90 Å². The van der Waals surface area contributed by atoms with Crippen molar-refractivity contribution in [2.75, 3.05) is 32.6 Å². The second-order valence-corrected chi connectivity index (χ2v) is 4.88. The minimum absolute atomic E-state index is 0.476. The molecule has 1 saturated heterocycles. The molecule has 1 aromatic rings. The quantitative estimate of drug-likeness (QED) is 0.863. The molecule has 20 heavy (non-hydrogen) atoms. The minimum atomic E-state index is 0.476. The molecule has 0 spiro atoms. The lowest BCUT2D eigenvalue weighted by Crippen LogP contribution is -2.32. The molecular formula is C14H17N3O2S. The first-order valence-electron chi connectivity index (χ1n) is 6.41. The number of rotatable bonds is 3. The highest BCUT2D eigenvalue weighted by Crippen LogP contribution is 2.33. The zero-order valence-electron chi connectivity index (χ0n) is 11.6.